The highest BCUT2D eigenvalue weighted by Gasteiger charge is 2.21. The van der Waals surface area contributed by atoms with Gasteiger partial charge in [-0.2, -0.15) is 0 Å². The standard InChI is InChI=1S/C18H28N2O2/c1-18(2,3)14-5-7-16(8-6-14)20-11-9-15(10-12-20)19-17(21)13-22-4/h5-8,15H,9-13H2,1-4H3,(H,19,21). The van der Waals surface area contributed by atoms with Gasteiger partial charge in [0, 0.05) is 31.9 Å². The summed E-state index contributed by atoms with van der Waals surface area (Å²) in [6, 6.07) is 9.14. The summed E-state index contributed by atoms with van der Waals surface area (Å²) < 4.78 is 4.85. The quantitative estimate of drug-likeness (QED) is 0.930. The monoisotopic (exact) mass is 304 g/mol. The number of nitrogens with zero attached hydrogens (tertiary/aromatic N) is 1. The summed E-state index contributed by atoms with van der Waals surface area (Å²) in [5, 5.41) is 3.03. The van der Waals surface area contributed by atoms with Crippen LogP contribution in [0.25, 0.3) is 0 Å². The van der Waals surface area contributed by atoms with E-state index in [2.05, 4.69) is 55.3 Å². The molecule has 1 amide bonds. The lowest BCUT2D eigenvalue weighted by molar-refractivity contribution is -0.125. The van der Waals surface area contributed by atoms with Crippen LogP contribution in [0.15, 0.2) is 24.3 Å². The van der Waals surface area contributed by atoms with Crippen molar-refractivity contribution in [3.63, 3.8) is 0 Å². The molecule has 0 aromatic heterocycles. The van der Waals surface area contributed by atoms with Gasteiger partial charge < -0.3 is 15.0 Å². The molecule has 0 unspecified atom stereocenters. The second-order valence-electron chi connectivity index (χ2n) is 7.06. The molecule has 22 heavy (non-hydrogen) atoms. The van der Waals surface area contributed by atoms with Crippen LogP contribution in [0, 0.1) is 0 Å². The van der Waals surface area contributed by atoms with E-state index in [1.54, 1.807) is 7.11 Å². The zero-order valence-corrected chi connectivity index (χ0v) is 14.2. The first-order chi connectivity index (χ1) is 10.4. The van der Waals surface area contributed by atoms with Gasteiger partial charge in [0.1, 0.15) is 6.61 Å². The molecule has 0 aliphatic carbocycles. The Labute approximate surface area is 133 Å². The molecule has 4 heteroatoms. The minimum atomic E-state index is -0.0181. The second-order valence-corrected chi connectivity index (χ2v) is 7.06. The number of carbonyl (C=O) groups excluding carboxylic acids is 1. The van der Waals surface area contributed by atoms with Gasteiger partial charge in [0.05, 0.1) is 0 Å². The number of benzene rings is 1. The van der Waals surface area contributed by atoms with Crippen LogP contribution in [0.3, 0.4) is 0 Å². The Bertz CT molecular complexity index is 483. The van der Waals surface area contributed by atoms with Gasteiger partial charge in [0.15, 0.2) is 0 Å². The first-order valence-electron chi connectivity index (χ1n) is 8.04. The molecule has 0 spiro atoms. The molecule has 1 aromatic carbocycles. The molecular formula is C18H28N2O2. The highest BCUT2D eigenvalue weighted by molar-refractivity contribution is 5.77. The minimum absolute atomic E-state index is 0.0181. The molecule has 0 radical (unpaired) electrons. The smallest absolute Gasteiger partial charge is 0.246 e. The SMILES string of the molecule is COCC(=O)NC1CCN(c2ccc(C(C)(C)C)cc2)CC1. The number of ether oxygens (including phenoxy) is 1. The fourth-order valence-corrected chi connectivity index (χ4v) is 2.85. The second kappa shape index (κ2) is 7.14. The van der Waals surface area contributed by atoms with E-state index < -0.39 is 0 Å². The first-order valence-corrected chi connectivity index (χ1v) is 8.04. The normalized spacial score (nSPS) is 16.6. The van der Waals surface area contributed by atoms with E-state index in [-0.39, 0.29) is 24.0 Å². The van der Waals surface area contributed by atoms with E-state index in [4.69, 9.17) is 4.74 Å². The van der Waals surface area contributed by atoms with Crippen molar-refractivity contribution in [2.24, 2.45) is 0 Å². The van der Waals surface area contributed by atoms with Crippen LogP contribution in [0.1, 0.15) is 39.2 Å². The van der Waals surface area contributed by atoms with Gasteiger partial charge in [-0.15, -0.1) is 0 Å². The molecule has 122 valence electrons. The Morgan fingerprint density at radius 1 is 1.23 bits per heavy atom. The Morgan fingerprint density at radius 2 is 1.82 bits per heavy atom. The number of methoxy groups -OCH3 is 1. The minimum Gasteiger partial charge on any atom is -0.375 e. The Hall–Kier alpha value is -1.55. The molecule has 0 bridgehead atoms. The summed E-state index contributed by atoms with van der Waals surface area (Å²) >= 11 is 0. The van der Waals surface area contributed by atoms with Crippen molar-refractivity contribution < 1.29 is 9.53 Å². The molecule has 1 fully saturated rings. The number of piperidine rings is 1. The topological polar surface area (TPSA) is 41.6 Å². The number of rotatable bonds is 4. The van der Waals surface area contributed by atoms with Crippen molar-refractivity contribution in [3.05, 3.63) is 29.8 Å². The van der Waals surface area contributed by atoms with Crippen LogP contribution in [-0.4, -0.2) is 38.8 Å². The van der Waals surface area contributed by atoms with Crippen LogP contribution in [0.5, 0.6) is 0 Å². The van der Waals surface area contributed by atoms with E-state index in [0.717, 1.165) is 25.9 Å². The molecule has 0 saturated carbocycles. The van der Waals surface area contributed by atoms with Crippen molar-refractivity contribution in [2.45, 2.75) is 45.1 Å². The van der Waals surface area contributed by atoms with Crippen LogP contribution >= 0.6 is 0 Å². The van der Waals surface area contributed by atoms with E-state index in [9.17, 15) is 4.79 Å². The number of carbonyl (C=O) groups is 1. The van der Waals surface area contributed by atoms with Gasteiger partial charge in [0.2, 0.25) is 5.91 Å². The third kappa shape index (κ3) is 4.47. The van der Waals surface area contributed by atoms with Crippen molar-refractivity contribution in [3.8, 4) is 0 Å². The number of anilines is 1. The lowest BCUT2D eigenvalue weighted by atomic mass is 9.87. The third-order valence-electron chi connectivity index (χ3n) is 4.23. The summed E-state index contributed by atoms with van der Waals surface area (Å²) in [5.74, 6) is -0.0181. The van der Waals surface area contributed by atoms with Crippen LogP contribution < -0.4 is 10.2 Å². The van der Waals surface area contributed by atoms with Crippen LogP contribution in [0.4, 0.5) is 5.69 Å². The molecule has 4 nitrogen and oxygen atoms in total. The number of hydrogen-bond donors (Lipinski definition) is 1. The molecule has 1 aromatic rings. The molecule has 0 atom stereocenters. The Balaban J connectivity index is 1.88. The number of hydrogen-bond acceptors (Lipinski definition) is 3. The Kier molecular flexibility index (Phi) is 5.46. The third-order valence-corrected chi connectivity index (χ3v) is 4.23. The maximum atomic E-state index is 11.5. The van der Waals surface area contributed by atoms with Crippen molar-refractivity contribution in [1.29, 1.82) is 0 Å². The van der Waals surface area contributed by atoms with Gasteiger partial charge in [0.25, 0.3) is 0 Å². The highest BCUT2D eigenvalue weighted by atomic mass is 16.5. The van der Waals surface area contributed by atoms with Crippen molar-refractivity contribution in [1.82, 2.24) is 5.32 Å². The molecule has 1 aliphatic heterocycles. The Morgan fingerprint density at radius 3 is 2.32 bits per heavy atom. The lowest BCUT2D eigenvalue weighted by Crippen LogP contribution is -2.45. The molecule has 1 N–H and O–H groups in total. The molecule has 1 aliphatic rings. The van der Waals surface area contributed by atoms with Crippen molar-refractivity contribution in [2.75, 3.05) is 31.7 Å². The van der Waals surface area contributed by atoms with Gasteiger partial charge >= 0.3 is 0 Å². The van der Waals surface area contributed by atoms with Crippen LogP contribution in [0.2, 0.25) is 0 Å². The predicted molar refractivity (Wildman–Crippen MR) is 90.4 cm³/mol. The predicted octanol–water partition coefficient (Wildman–Crippen LogP) is 2.72. The summed E-state index contributed by atoms with van der Waals surface area (Å²) in [6.07, 6.45) is 1.97. The zero-order valence-electron chi connectivity index (χ0n) is 14.2. The number of amides is 1. The van der Waals surface area contributed by atoms with E-state index in [0.29, 0.717) is 0 Å². The largest absolute Gasteiger partial charge is 0.375 e. The zero-order chi connectivity index (χ0) is 16.2. The van der Waals surface area contributed by atoms with Crippen LogP contribution in [-0.2, 0) is 14.9 Å². The molecule has 1 saturated heterocycles. The fraction of sp³-hybridized carbons (Fsp3) is 0.611. The average molecular weight is 304 g/mol. The van der Waals surface area contributed by atoms with Crippen molar-refractivity contribution >= 4 is 11.6 Å². The lowest BCUT2D eigenvalue weighted by Gasteiger charge is -2.34. The van der Waals surface area contributed by atoms with Gasteiger partial charge in [-0.1, -0.05) is 32.9 Å². The maximum Gasteiger partial charge on any atom is 0.246 e. The molecule has 1 heterocycles. The summed E-state index contributed by atoms with van der Waals surface area (Å²) in [4.78, 5) is 13.9. The van der Waals surface area contributed by atoms with Gasteiger partial charge in [-0.05, 0) is 36.0 Å². The fourth-order valence-electron chi connectivity index (χ4n) is 2.85. The summed E-state index contributed by atoms with van der Waals surface area (Å²) in [7, 11) is 1.55. The summed E-state index contributed by atoms with van der Waals surface area (Å²) in [6.45, 7) is 8.80. The van der Waals surface area contributed by atoms with E-state index in [1.807, 2.05) is 0 Å². The van der Waals surface area contributed by atoms with E-state index >= 15 is 0 Å². The summed E-state index contributed by atoms with van der Waals surface area (Å²) in [5.41, 5.74) is 2.82. The first kappa shape index (κ1) is 16.8. The molecular weight excluding hydrogens is 276 g/mol. The maximum absolute atomic E-state index is 11.5. The highest BCUT2D eigenvalue weighted by Crippen LogP contribution is 2.26. The van der Waals surface area contributed by atoms with Gasteiger partial charge in [-0.3, -0.25) is 4.79 Å². The van der Waals surface area contributed by atoms with Gasteiger partial charge in [-0.25, -0.2) is 0 Å². The average Bonchev–Trinajstić information content (AvgIpc) is 2.47. The van der Waals surface area contributed by atoms with E-state index in [1.165, 1.54) is 11.3 Å². The molecule has 2 rings (SSSR count). The number of nitrogens with one attached hydrogen (secondary N) is 1.